The van der Waals surface area contributed by atoms with Crippen LogP contribution in [0.2, 0.25) is 0 Å². The van der Waals surface area contributed by atoms with Crippen molar-refractivity contribution < 1.29 is 4.79 Å². The van der Waals surface area contributed by atoms with Crippen molar-refractivity contribution >= 4 is 34.0 Å². The monoisotopic (exact) mass is 354 g/mol. The van der Waals surface area contributed by atoms with Crippen LogP contribution < -0.4 is 0 Å². The number of fused-ring (bicyclic) bond motifs is 1. The molecule has 0 atom stereocenters. The lowest BCUT2D eigenvalue weighted by Gasteiger charge is -2.00. The van der Waals surface area contributed by atoms with E-state index in [-0.39, 0.29) is 5.78 Å². The summed E-state index contributed by atoms with van der Waals surface area (Å²) in [6.45, 7) is 0. The Morgan fingerprint density at radius 3 is 2.42 bits per heavy atom. The Hall–Kier alpha value is -2.97. The smallest absolute Gasteiger partial charge is 0.185 e. The minimum atomic E-state index is 0.0359. The number of thiophene rings is 1. The summed E-state index contributed by atoms with van der Waals surface area (Å²) >= 11 is 1.73. The number of hydrogen-bond donors (Lipinski definition) is 0. The van der Waals surface area contributed by atoms with Gasteiger partial charge in [0.1, 0.15) is 0 Å². The van der Waals surface area contributed by atoms with Gasteiger partial charge in [-0.15, -0.1) is 11.3 Å². The minimum absolute atomic E-state index is 0.0359. The molecule has 1 aromatic heterocycles. The summed E-state index contributed by atoms with van der Waals surface area (Å²) in [7, 11) is 0. The van der Waals surface area contributed by atoms with Crippen molar-refractivity contribution in [3.63, 3.8) is 0 Å². The molecule has 0 fully saturated rings. The molecule has 0 radical (unpaired) electrons. The molecule has 0 saturated heterocycles. The Balaban J connectivity index is 1.47. The predicted octanol–water partition coefficient (Wildman–Crippen LogP) is 6.39. The molecular weight excluding hydrogens is 336 g/mol. The van der Waals surface area contributed by atoms with Crippen LogP contribution in [0.25, 0.3) is 16.8 Å². The molecule has 0 unspecified atom stereocenters. The fourth-order valence-corrected chi connectivity index (χ4v) is 3.92. The Kier molecular flexibility index (Phi) is 4.76. The molecule has 0 N–H and O–H groups in total. The van der Waals surface area contributed by atoms with E-state index in [1.807, 2.05) is 48.5 Å². The molecule has 1 heterocycles. The summed E-state index contributed by atoms with van der Waals surface area (Å²) < 4.78 is 0. The van der Waals surface area contributed by atoms with Gasteiger partial charge in [0.2, 0.25) is 0 Å². The van der Waals surface area contributed by atoms with Crippen LogP contribution >= 0.6 is 11.3 Å². The van der Waals surface area contributed by atoms with Crippen LogP contribution in [-0.2, 0) is 6.42 Å². The largest absolute Gasteiger partial charge is 0.289 e. The van der Waals surface area contributed by atoms with Crippen LogP contribution in [0.3, 0.4) is 0 Å². The highest BCUT2D eigenvalue weighted by Gasteiger charge is 2.04. The topological polar surface area (TPSA) is 17.1 Å². The van der Waals surface area contributed by atoms with Gasteiger partial charge in [0.05, 0.1) is 0 Å². The van der Waals surface area contributed by atoms with Gasteiger partial charge < -0.3 is 0 Å². The number of carbonyl (C=O) groups is 1. The van der Waals surface area contributed by atoms with E-state index in [0.29, 0.717) is 0 Å². The maximum atomic E-state index is 12.5. The Bertz CT molecular complexity index is 1070. The van der Waals surface area contributed by atoms with Crippen molar-refractivity contribution in [1.82, 2.24) is 0 Å². The normalized spacial score (nSPS) is 11.2. The molecule has 4 aromatic rings. The van der Waals surface area contributed by atoms with Gasteiger partial charge in [-0.1, -0.05) is 66.7 Å². The van der Waals surface area contributed by atoms with E-state index < -0.39 is 0 Å². The first kappa shape index (κ1) is 16.5. The summed E-state index contributed by atoms with van der Waals surface area (Å²) in [6.07, 6.45) is 4.51. The molecule has 3 aromatic carbocycles. The van der Waals surface area contributed by atoms with Crippen LogP contribution in [-0.4, -0.2) is 5.78 Å². The van der Waals surface area contributed by atoms with Crippen molar-refractivity contribution in [1.29, 1.82) is 0 Å². The molecule has 126 valence electrons. The first-order valence-electron chi connectivity index (χ1n) is 8.62. The first-order chi connectivity index (χ1) is 12.8. The van der Waals surface area contributed by atoms with Crippen molar-refractivity contribution in [3.8, 4) is 0 Å². The SMILES string of the molecule is O=C(/C=C/c1ccc(Cc2ccccc2)s1)c1ccc2ccccc2c1. The Morgan fingerprint density at radius 1 is 0.808 bits per heavy atom. The molecule has 26 heavy (non-hydrogen) atoms. The van der Waals surface area contributed by atoms with E-state index in [1.54, 1.807) is 17.4 Å². The third-order valence-electron chi connectivity index (χ3n) is 4.34. The van der Waals surface area contributed by atoms with Crippen molar-refractivity contribution in [2.24, 2.45) is 0 Å². The zero-order valence-electron chi connectivity index (χ0n) is 14.3. The van der Waals surface area contributed by atoms with Gasteiger partial charge >= 0.3 is 0 Å². The highest BCUT2D eigenvalue weighted by molar-refractivity contribution is 7.12. The molecule has 0 bridgehead atoms. The van der Waals surface area contributed by atoms with E-state index in [1.165, 1.54) is 10.4 Å². The maximum absolute atomic E-state index is 12.5. The molecular formula is C24H18OS. The molecule has 0 aliphatic rings. The zero-order chi connectivity index (χ0) is 17.8. The fourth-order valence-electron chi connectivity index (χ4n) is 2.97. The molecule has 1 nitrogen and oxygen atoms in total. The Morgan fingerprint density at radius 2 is 1.58 bits per heavy atom. The van der Waals surface area contributed by atoms with Crippen LogP contribution in [0.4, 0.5) is 0 Å². The number of ketones is 1. The molecule has 0 aliphatic heterocycles. The van der Waals surface area contributed by atoms with E-state index in [9.17, 15) is 4.79 Å². The number of rotatable bonds is 5. The number of benzene rings is 3. The molecule has 0 spiro atoms. The summed E-state index contributed by atoms with van der Waals surface area (Å²) in [5.41, 5.74) is 2.03. The molecule has 4 rings (SSSR count). The van der Waals surface area contributed by atoms with E-state index in [4.69, 9.17) is 0 Å². The van der Waals surface area contributed by atoms with Gasteiger partial charge in [-0.25, -0.2) is 0 Å². The quantitative estimate of drug-likeness (QED) is 0.300. The van der Waals surface area contributed by atoms with Crippen LogP contribution in [0, 0.1) is 0 Å². The Labute approximate surface area is 157 Å². The molecule has 2 heteroatoms. The average Bonchev–Trinajstić information content (AvgIpc) is 3.14. The van der Waals surface area contributed by atoms with Gasteiger partial charge in [-0.05, 0) is 46.7 Å². The predicted molar refractivity (Wildman–Crippen MR) is 111 cm³/mol. The van der Waals surface area contributed by atoms with Crippen molar-refractivity contribution in [3.05, 3.63) is 112 Å². The summed E-state index contributed by atoms with van der Waals surface area (Å²) in [5.74, 6) is 0.0359. The summed E-state index contributed by atoms with van der Waals surface area (Å²) in [6, 6.07) is 28.6. The second kappa shape index (κ2) is 7.51. The van der Waals surface area contributed by atoms with Crippen LogP contribution in [0.5, 0.6) is 0 Å². The number of hydrogen-bond acceptors (Lipinski definition) is 2. The second-order valence-corrected chi connectivity index (χ2v) is 7.43. The summed E-state index contributed by atoms with van der Waals surface area (Å²) in [4.78, 5) is 14.9. The zero-order valence-corrected chi connectivity index (χ0v) is 15.1. The van der Waals surface area contributed by atoms with E-state index in [0.717, 1.165) is 27.6 Å². The van der Waals surface area contributed by atoms with Gasteiger partial charge in [-0.3, -0.25) is 4.79 Å². The number of carbonyl (C=O) groups excluding carboxylic acids is 1. The third kappa shape index (κ3) is 3.81. The molecule has 0 amide bonds. The first-order valence-corrected chi connectivity index (χ1v) is 9.43. The van der Waals surface area contributed by atoms with E-state index in [2.05, 4.69) is 42.5 Å². The van der Waals surface area contributed by atoms with Crippen molar-refractivity contribution in [2.75, 3.05) is 0 Å². The highest BCUT2D eigenvalue weighted by Crippen LogP contribution is 2.22. The maximum Gasteiger partial charge on any atom is 0.185 e. The van der Waals surface area contributed by atoms with Gasteiger partial charge in [0.15, 0.2) is 5.78 Å². The van der Waals surface area contributed by atoms with Crippen LogP contribution in [0.1, 0.15) is 25.7 Å². The van der Waals surface area contributed by atoms with Gasteiger partial charge in [0.25, 0.3) is 0 Å². The average molecular weight is 354 g/mol. The molecule has 0 aliphatic carbocycles. The van der Waals surface area contributed by atoms with E-state index >= 15 is 0 Å². The van der Waals surface area contributed by atoms with Gasteiger partial charge in [-0.2, -0.15) is 0 Å². The highest BCUT2D eigenvalue weighted by atomic mass is 32.1. The van der Waals surface area contributed by atoms with Crippen LogP contribution in [0.15, 0.2) is 91.0 Å². The van der Waals surface area contributed by atoms with Gasteiger partial charge in [0, 0.05) is 21.7 Å². The van der Waals surface area contributed by atoms with Crippen molar-refractivity contribution in [2.45, 2.75) is 6.42 Å². The summed E-state index contributed by atoms with van der Waals surface area (Å²) in [5, 5.41) is 2.24. The lowest BCUT2D eigenvalue weighted by Crippen LogP contribution is -1.93. The minimum Gasteiger partial charge on any atom is -0.289 e. The number of allylic oxidation sites excluding steroid dienone is 1. The second-order valence-electron chi connectivity index (χ2n) is 6.23. The third-order valence-corrected chi connectivity index (χ3v) is 5.39. The lowest BCUT2D eigenvalue weighted by molar-refractivity contribution is 0.104. The molecule has 0 saturated carbocycles. The standard InChI is InChI=1S/C24H18OS/c25-24(21-11-10-19-8-4-5-9-20(19)17-21)15-14-22-12-13-23(26-22)16-18-6-2-1-3-7-18/h1-15,17H,16H2/b15-14+. The fraction of sp³-hybridized carbons (Fsp3) is 0.0417. The lowest BCUT2D eigenvalue weighted by atomic mass is 10.0.